The van der Waals surface area contributed by atoms with Gasteiger partial charge in [-0.3, -0.25) is 4.79 Å². The van der Waals surface area contributed by atoms with Crippen LogP contribution < -0.4 is 0 Å². The predicted octanol–water partition coefficient (Wildman–Crippen LogP) is 7.66. The van der Waals surface area contributed by atoms with Gasteiger partial charge in [0.1, 0.15) is 5.82 Å². The highest BCUT2D eigenvalue weighted by atomic mass is 35.5. The van der Waals surface area contributed by atoms with Crippen molar-refractivity contribution in [2.75, 3.05) is 0 Å². The molecule has 0 unspecified atom stereocenters. The molecular formula is C27H25ClFN3O3S2. The molecule has 0 spiro atoms. The monoisotopic (exact) mass is 557 g/mol. The molecule has 4 aromatic rings. The standard InChI is InChI=1S/C26H25ClFN3OS2.CO2/c1-5-7-23(32)20-13-18(10-11-22(20)27)24-25(33-15(2)3)34-26(29-24)31-14-21(16(4)30-31)17-8-6-9-19(28)12-17;2-1-3/h6,8-15H,5,7H2,1-4H3;. The summed E-state index contributed by atoms with van der Waals surface area (Å²) in [5.74, 6) is -0.252. The molecule has 6 nitrogen and oxygen atoms in total. The number of rotatable bonds is 8. The van der Waals surface area contributed by atoms with Crippen molar-refractivity contribution in [2.24, 2.45) is 0 Å². The number of ketones is 1. The second kappa shape index (κ2) is 12.9. The number of aryl methyl sites for hydroxylation is 1. The van der Waals surface area contributed by atoms with E-state index >= 15 is 0 Å². The summed E-state index contributed by atoms with van der Waals surface area (Å²) in [6.45, 7) is 8.14. The summed E-state index contributed by atoms with van der Waals surface area (Å²) in [4.78, 5) is 33.8. The highest BCUT2D eigenvalue weighted by molar-refractivity contribution is 8.01. The van der Waals surface area contributed by atoms with Crippen LogP contribution in [0, 0.1) is 12.7 Å². The van der Waals surface area contributed by atoms with Crippen LogP contribution >= 0.6 is 34.7 Å². The van der Waals surface area contributed by atoms with Gasteiger partial charge in [-0.15, -0.1) is 11.8 Å². The highest BCUT2D eigenvalue weighted by Gasteiger charge is 2.20. The highest BCUT2D eigenvalue weighted by Crippen LogP contribution is 2.41. The van der Waals surface area contributed by atoms with E-state index in [2.05, 4.69) is 18.9 Å². The molecule has 0 aliphatic carbocycles. The van der Waals surface area contributed by atoms with Crippen molar-refractivity contribution >= 4 is 46.6 Å². The van der Waals surface area contributed by atoms with Gasteiger partial charge in [-0.05, 0) is 43.2 Å². The smallest absolute Gasteiger partial charge is 0.294 e. The van der Waals surface area contributed by atoms with Crippen LogP contribution in [0.5, 0.6) is 0 Å². The lowest BCUT2D eigenvalue weighted by atomic mass is 10.0. The minimum absolute atomic E-state index is 0.0327. The minimum atomic E-state index is -0.284. The summed E-state index contributed by atoms with van der Waals surface area (Å²) in [7, 11) is 0. The Bertz CT molecular complexity index is 1440. The second-order valence-electron chi connectivity index (χ2n) is 8.33. The Labute approximate surface area is 227 Å². The summed E-state index contributed by atoms with van der Waals surface area (Å²) >= 11 is 9.61. The Morgan fingerprint density at radius 3 is 2.57 bits per heavy atom. The lowest BCUT2D eigenvalue weighted by Crippen LogP contribution is -2.00. The van der Waals surface area contributed by atoms with Gasteiger partial charge in [-0.1, -0.05) is 61.9 Å². The second-order valence-corrected chi connectivity index (χ2v) is 11.6. The van der Waals surface area contributed by atoms with Crippen molar-refractivity contribution in [3.8, 4) is 27.5 Å². The zero-order valence-corrected chi connectivity index (χ0v) is 23.1. The number of benzene rings is 2. The molecule has 2 aromatic heterocycles. The first-order valence-corrected chi connectivity index (χ1v) is 13.6. The lowest BCUT2D eigenvalue weighted by Gasteiger charge is -2.08. The fourth-order valence-electron chi connectivity index (χ4n) is 3.62. The van der Waals surface area contributed by atoms with Crippen LogP contribution in [0.25, 0.3) is 27.5 Å². The van der Waals surface area contributed by atoms with E-state index in [1.165, 1.54) is 12.1 Å². The fraction of sp³-hybridized carbons (Fsp3) is 0.259. The minimum Gasteiger partial charge on any atom is -0.294 e. The van der Waals surface area contributed by atoms with Crippen molar-refractivity contribution < 1.29 is 18.8 Å². The van der Waals surface area contributed by atoms with Crippen molar-refractivity contribution in [3.05, 3.63) is 70.8 Å². The van der Waals surface area contributed by atoms with E-state index < -0.39 is 0 Å². The number of aromatic nitrogens is 3. The normalized spacial score (nSPS) is 10.7. The topological polar surface area (TPSA) is 81.9 Å². The molecule has 0 radical (unpaired) electrons. The maximum absolute atomic E-state index is 13.8. The SMILES string of the molecule is CCCC(=O)c1cc(-c2nc(-n3cc(-c4cccc(F)c4)c(C)n3)sc2SC(C)C)ccc1Cl.O=C=O. The molecule has 0 atom stereocenters. The zero-order chi connectivity index (χ0) is 27.1. The molecule has 37 heavy (non-hydrogen) atoms. The van der Waals surface area contributed by atoms with Crippen LogP contribution in [0.15, 0.2) is 52.9 Å². The molecule has 0 bridgehead atoms. The van der Waals surface area contributed by atoms with Gasteiger partial charge >= 0.3 is 6.15 Å². The maximum atomic E-state index is 13.8. The number of halogens is 2. The molecule has 0 amide bonds. The quantitative estimate of drug-likeness (QED) is 0.163. The first-order chi connectivity index (χ1) is 17.7. The third-order valence-corrected chi connectivity index (χ3v) is 7.76. The van der Waals surface area contributed by atoms with Crippen LogP contribution in [-0.2, 0) is 9.59 Å². The average Bonchev–Trinajstić information content (AvgIpc) is 3.43. The van der Waals surface area contributed by atoms with Gasteiger partial charge in [-0.2, -0.15) is 14.7 Å². The Balaban J connectivity index is 0.00000121. The molecule has 2 heterocycles. The van der Waals surface area contributed by atoms with Crippen molar-refractivity contribution in [2.45, 2.75) is 50.0 Å². The Morgan fingerprint density at radius 2 is 1.92 bits per heavy atom. The van der Waals surface area contributed by atoms with E-state index in [9.17, 15) is 9.18 Å². The number of hydrogen-bond acceptors (Lipinski definition) is 7. The predicted molar refractivity (Wildman–Crippen MR) is 145 cm³/mol. The summed E-state index contributed by atoms with van der Waals surface area (Å²) in [6, 6.07) is 12.0. The molecule has 0 aliphatic heterocycles. The summed E-state index contributed by atoms with van der Waals surface area (Å²) in [5.41, 5.74) is 4.60. The van der Waals surface area contributed by atoms with Gasteiger partial charge in [0.2, 0.25) is 5.13 Å². The van der Waals surface area contributed by atoms with Gasteiger partial charge in [-0.25, -0.2) is 14.1 Å². The molecule has 192 valence electrons. The van der Waals surface area contributed by atoms with Crippen LogP contribution in [0.2, 0.25) is 5.02 Å². The van der Waals surface area contributed by atoms with Crippen LogP contribution in [0.3, 0.4) is 0 Å². The van der Waals surface area contributed by atoms with Crippen molar-refractivity contribution in [3.63, 3.8) is 0 Å². The van der Waals surface area contributed by atoms with Gasteiger partial charge in [0.05, 0.1) is 20.6 Å². The van der Waals surface area contributed by atoms with Crippen LogP contribution in [-0.4, -0.2) is 31.9 Å². The van der Waals surface area contributed by atoms with Crippen molar-refractivity contribution in [1.82, 2.24) is 14.8 Å². The number of carbonyl (C=O) groups is 1. The van der Waals surface area contributed by atoms with Gasteiger partial charge in [0.15, 0.2) is 5.78 Å². The zero-order valence-electron chi connectivity index (χ0n) is 20.7. The summed E-state index contributed by atoms with van der Waals surface area (Å²) in [6.07, 6.45) is 3.35. The number of thiazole rings is 1. The average molecular weight is 558 g/mol. The van der Waals surface area contributed by atoms with E-state index in [0.29, 0.717) is 27.4 Å². The third kappa shape index (κ3) is 7.02. The maximum Gasteiger partial charge on any atom is 0.373 e. The van der Waals surface area contributed by atoms with Crippen molar-refractivity contribution in [1.29, 1.82) is 0 Å². The number of Topliss-reactive ketones (excluding diaryl/α,β-unsaturated/α-hetero) is 1. The molecule has 0 fully saturated rings. The number of thioether (sulfide) groups is 1. The summed E-state index contributed by atoms with van der Waals surface area (Å²) in [5, 5.41) is 6.17. The molecule has 2 aromatic carbocycles. The van der Waals surface area contributed by atoms with E-state index in [0.717, 1.165) is 38.7 Å². The van der Waals surface area contributed by atoms with Gasteiger partial charge in [0, 0.05) is 34.6 Å². The number of carbonyl (C=O) groups excluding carboxylic acids is 3. The number of hydrogen-bond donors (Lipinski definition) is 0. The Kier molecular flexibility index (Phi) is 9.94. The third-order valence-electron chi connectivity index (χ3n) is 5.18. The van der Waals surface area contributed by atoms with Gasteiger partial charge < -0.3 is 0 Å². The molecule has 4 rings (SSSR count). The molecule has 0 aliphatic rings. The van der Waals surface area contributed by atoms with Crippen LogP contribution in [0.1, 0.15) is 49.7 Å². The first kappa shape index (κ1) is 28.5. The fourth-order valence-corrected chi connectivity index (χ4v) is 6.28. The Hall–Kier alpha value is -3.10. The van der Waals surface area contributed by atoms with E-state index in [4.69, 9.17) is 26.2 Å². The largest absolute Gasteiger partial charge is 0.373 e. The lowest BCUT2D eigenvalue weighted by molar-refractivity contribution is -0.191. The van der Waals surface area contributed by atoms with Crippen LogP contribution in [0.4, 0.5) is 4.39 Å². The van der Waals surface area contributed by atoms with E-state index in [1.807, 2.05) is 38.2 Å². The molecule has 0 N–H and O–H groups in total. The molecular weight excluding hydrogens is 533 g/mol. The first-order valence-electron chi connectivity index (χ1n) is 11.5. The van der Waals surface area contributed by atoms with E-state index in [-0.39, 0.29) is 17.8 Å². The molecule has 10 heteroatoms. The van der Waals surface area contributed by atoms with E-state index in [1.54, 1.807) is 39.9 Å². The number of nitrogens with zero attached hydrogens (tertiary/aromatic N) is 3. The molecule has 0 saturated heterocycles. The molecule has 0 saturated carbocycles. The van der Waals surface area contributed by atoms with Gasteiger partial charge in [0.25, 0.3) is 0 Å². The Morgan fingerprint density at radius 1 is 1.19 bits per heavy atom. The summed E-state index contributed by atoms with van der Waals surface area (Å²) < 4.78 is 16.6.